The molecule has 0 saturated carbocycles. The number of carbonyl (C=O) groups is 1. The molecule has 0 heterocycles. The summed E-state index contributed by atoms with van der Waals surface area (Å²) in [6.07, 6.45) is 2.04. The van der Waals surface area contributed by atoms with Gasteiger partial charge < -0.3 is 14.8 Å². The highest BCUT2D eigenvalue weighted by Crippen LogP contribution is 2.18. The van der Waals surface area contributed by atoms with Gasteiger partial charge in [-0.25, -0.2) is 0 Å². The summed E-state index contributed by atoms with van der Waals surface area (Å²) < 4.78 is 10.9. The Kier molecular flexibility index (Phi) is 7.65. The minimum atomic E-state index is -0.143. The second-order valence-electron chi connectivity index (χ2n) is 5.07. The van der Waals surface area contributed by atoms with E-state index in [1.165, 1.54) is 4.90 Å². The lowest BCUT2D eigenvalue weighted by Crippen LogP contribution is -2.23. The Morgan fingerprint density at radius 1 is 1.08 bits per heavy atom. The van der Waals surface area contributed by atoms with Gasteiger partial charge in [0.1, 0.15) is 12.4 Å². The third-order valence-electron chi connectivity index (χ3n) is 3.43. The molecule has 24 heavy (non-hydrogen) atoms. The van der Waals surface area contributed by atoms with Crippen LogP contribution in [0.25, 0.3) is 0 Å². The van der Waals surface area contributed by atoms with Gasteiger partial charge in [-0.1, -0.05) is 24.3 Å². The van der Waals surface area contributed by atoms with Crippen molar-refractivity contribution in [3.8, 4) is 5.75 Å². The zero-order chi connectivity index (χ0) is 17.2. The van der Waals surface area contributed by atoms with Crippen molar-refractivity contribution in [2.45, 2.75) is 18.4 Å². The lowest BCUT2D eigenvalue weighted by molar-refractivity contribution is 0.0934. The molecule has 0 aliphatic rings. The Morgan fingerprint density at radius 3 is 2.54 bits per heavy atom. The predicted octanol–water partition coefficient (Wildman–Crippen LogP) is 3.75. The Morgan fingerprint density at radius 2 is 1.83 bits per heavy atom. The normalized spacial score (nSPS) is 10.4. The van der Waals surface area contributed by atoms with Crippen molar-refractivity contribution in [2.24, 2.45) is 0 Å². The Bertz CT molecular complexity index is 643. The van der Waals surface area contributed by atoms with Crippen LogP contribution in [0.4, 0.5) is 0 Å². The van der Waals surface area contributed by atoms with E-state index in [0.29, 0.717) is 37.7 Å². The van der Waals surface area contributed by atoms with E-state index in [4.69, 9.17) is 9.47 Å². The van der Waals surface area contributed by atoms with Gasteiger partial charge in [0.2, 0.25) is 0 Å². The quantitative estimate of drug-likeness (QED) is 0.555. The fraction of sp³-hybridized carbons (Fsp3) is 0.316. The summed E-state index contributed by atoms with van der Waals surface area (Å²) in [4.78, 5) is 13.6. The summed E-state index contributed by atoms with van der Waals surface area (Å²) in [7, 11) is 0. The van der Waals surface area contributed by atoms with E-state index in [0.717, 1.165) is 5.56 Å². The van der Waals surface area contributed by atoms with E-state index >= 15 is 0 Å². The zero-order valence-electron chi connectivity index (χ0n) is 14.1. The van der Waals surface area contributed by atoms with E-state index in [9.17, 15) is 4.79 Å². The molecule has 0 aromatic heterocycles. The standard InChI is InChI=1S/C19H23NO3S/c1-3-22-12-13-23-18-7-5-4-6-17(18)19(21)20-14-15-8-10-16(24-2)11-9-15/h4-11H,3,12-14H2,1-2H3,(H,20,21). The molecule has 2 aromatic rings. The third kappa shape index (κ3) is 5.58. The number of ether oxygens (including phenoxy) is 2. The Hall–Kier alpha value is -1.98. The van der Waals surface area contributed by atoms with Crippen LogP contribution in [-0.4, -0.2) is 32.0 Å². The molecule has 0 atom stereocenters. The van der Waals surface area contributed by atoms with Gasteiger partial charge in [0.05, 0.1) is 12.2 Å². The summed E-state index contributed by atoms with van der Waals surface area (Å²) >= 11 is 1.70. The van der Waals surface area contributed by atoms with E-state index in [1.54, 1.807) is 23.9 Å². The lowest BCUT2D eigenvalue weighted by Gasteiger charge is -2.12. The second kappa shape index (κ2) is 10.0. The fourth-order valence-corrected chi connectivity index (χ4v) is 2.56. The molecular weight excluding hydrogens is 322 g/mol. The van der Waals surface area contributed by atoms with E-state index in [1.807, 2.05) is 37.4 Å². The van der Waals surface area contributed by atoms with Crippen LogP contribution < -0.4 is 10.1 Å². The molecule has 0 aliphatic carbocycles. The van der Waals surface area contributed by atoms with E-state index < -0.39 is 0 Å². The van der Waals surface area contributed by atoms with Crippen molar-refractivity contribution < 1.29 is 14.3 Å². The van der Waals surface area contributed by atoms with Crippen LogP contribution in [0, 0.1) is 0 Å². The maximum atomic E-state index is 12.4. The van der Waals surface area contributed by atoms with Crippen LogP contribution in [0.1, 0.15) is 22.8 Å². The van der Waals surface area contributed by atoms with Crippen molar-refractivity contribution >= 4 is 17.7 Å². The summed E-state index contributed by atoms with van der Waals surface area (Å²) in [5, 5.41) is 2.94. The highest BCUT2D eigenvalue weighted by atomic mass is 32.2. The van der Waals surface area contributed by atoms with Gasteiger partial charge in [-0.2, -0.15) is 0 Å². The van der Waals surface area contributed by atoms with Gasteiger partial charge in [0.25, 0.3) is 5.91 Å². The minimum Gasteiger partial charge on any atom is -0.490 e. The second-order valence-corrected chi connectivity index (χ2v) is 5.95. The average molecular weight is 345 g/mol. The zero-order valence-corrected chi connectivity index (χ0v) is 14.9. The number of nitrogens with one attached hydrogen (secondary N) is 1. The lowest BCUT2D eigenvalue weighted by atomic mass is 10.1. The van der Waals surface area contributed by atoms with Crippen LogP contribution in [0.2, 0.25) is 0 Å². The first-order chi connectivity index (χ1) is 11.7. The number of para-hydroxylation sites is 1. The molecule has 2 aromatic carbocycles. The van der Waals surface area contributed by atoms with Crippen molar-refractivity contribution in [1.82, 2.24) is 5.32 Å². The van der Waals surface area contributed by atoms with Gasteiger partial charge in [0, 0.05) is 18.0 Å². The van der Waals surface area contributed by atoms with Gasteiger partial charge in [0.15, 0.2) is 0 Å². The topological polar surface area (TPSA) is 47.6 Å². The number of hydrogen-bond acceptors (Lipinski definition) is 4. The molecule has 0 bridgehead atoms. The summed E-state index contributed by atoms with van der Waals surface area (Å²) in [6, 6.07) is 15.4. The van der Waals surface area contributed by atoms with Crippen molar-refractivity contribution in [1.29, 1.82) is 0 Å². The molecule has 2 rings (SSSR count). The largest absolute Gasteiger partial charge is 0.490 e. The smallest absolute Gasteiger partial charge is 0.255 e. The molecule has 0 radical (unpaired) electrons. The third-order valence-corrected chi connectivity index (χ3v) is 4.18. The van der Waals surface area contributed by atoms with Gasteiger partial charge >= 0.3 is 0 Å². The summed E-state index contributed by atoms with van der Waals surface area (Å²) in [6.45, 7) is 4.01. The number of benzene rings is 2. The van der Waals surface area contributed by atoms with Crippen LogP contribution in [-0.2, 0) is 11.3 Å². The van der Waals surface area contributed by atoms with Gasteiger partial charge in [-0.15, -0.1) is 11.8 Å². The van der Waals surface area contributed by atoms with Crippen LogP contribution in [0.5, 0.6) is 5.75 Å². The van der Waals surface area contributed by atoms with Crippen LogP contribution in [0.3, 0.4) is 0 Å². The van der Waals surface area contributed by atoms with Gasteiger partial charge in [-0.05, 0) is 43.0 Å². The molecule has 4 nitrogen and oxygen atoms in total. The molecule has 1 amide bonds. The van der Waals surface area contributed by atoms with E-state index in [2.05, 4.69) is 17.4 Å². The van der Waals surface area contributed by atoms with Crippen LogP contribution in [0.15, 0.2) is 53.4 Å². The summed E-state index contributed by atoms with van der Waals surface area (Å²) in [5.74, 6) is 0.434. The minimum absolute atomic E-state index is 0.143. The maximum Gasteiger partial charge on any atom is 0.255 e. The molecule has 1 N–H and O–H groups in total. The predicted molar refractivity (Wildman–Crippen MR) is 97.8 cm³/mol. The first kappa shape index (κ1) is 18.4. The number of thioether (sulfide) groups is 1. The van der Waals surface area contributed by atoms with Crippen molar-refractivity contribution in [2.75, 3.05) is 26.1 Å². The fourth-order valence-electron chi connectivity index (χ4n) is 2.16. The molecule has 0 saturated heterocycles. The Balaban J connectivity index is 1.93. The van der Waals surface area contributed by atoms with E-state index in [-0.39, 0.29) is 5.91 Å². The molecule has 0 aliphatic heterocycles. The number of rotatable bonds is 9. The number of amides is 1. The van der Waals surface area contributed by atoms with Gasteiger partial charge in [-0.3, -0.25) is 4.79 Å². The van der Waals surface area contributed by atoms with Crippen LogP contribution >= 0.6 is 11.8 Å². The molecular formula is C19H23NO3S. The number of carbonyl (C=O) groups excluding carboxylic acids is 1. The molecule has 0 spiro atoms. The molecule has 0 fully saturated rings. The first-order valence-electron chi connectivity index (χ1n) is 7.95. The SMILES string of the molecule is CCOCCOc1ccccc1C(=O)NCc1ccc(SC)cc1. The van der Waals surface area contributed by atoms with Crippen molar-refractivity contribution in [3.05, 3.63) is 59.7 Å². The monoisotopic (exact) mass is 345 g/mol. The average Bonchev–Trinajstić information content (AvgIpc) is 2.64. The highest BCUT2D eigenvalue weighted by Gasteiger charge is 2.11. The maximum absolute atomic E-state index is 12.4. The highest BCUT2D eigenvalue weighted by molar-refractivity contribution is 7.98. The molecule has 128 valence electrons. The summed E-state index contributed by atoms with van der Waals surface area (Å²) in [5.41, 5.74) is 1.60. The first-order valence-corrected chi connectivity index (χ1v) is 9.17. The Labute approximate surface area is 147 Å². The molecule has 0 unspecified atom stereocenters. The molecule has 5 heteroatoms. The number of hydrogen-bond donors (Lipinski definition) is 1. The van der Waals surface area contributed by atoms with Crippen molar-refractivity contribution in [3.63, 3.8) is 0 Å².